The number of hydrogen-bond acceptors (Lipinski definition) is 4. The highest BCUT2D eigenvalue weighted by Gasteiger charge is 2.18. The van der Waals surface area contributed by atoms with Crippen molar-refractivity contribution in [1.82, 2.24) is 24.9 Å². The lowest BCUT2D eigenvalue weighted by Gasteiger charge is -2.28. The van der Waals surface area contributed by atoms with E-state index in [2.05, 4.69) is 27.2 Å². The molecule has 17 heavy (non-hydrogen) atoms. The highest BCUT2D eigenvalue weighted by Crippen LogP contribution is 2.19. The highest BCUT2D eigenvalue weighted by molar-refractivity contribution is 5.68. The maximum Gasteiger partial charge on any atom is 0.178 e. The van der Waals surface area contributed by atoms with E-state index >= 15 is 0 Å². The average molecular weight is 231 g/mol. The predicted molar refractivity (Wildman–Crippen MR) is 65.5 cm³/mol. The van der Waals surface area contributed by atoms with Gasteiger partial charge in [-0.3, -0.25) is 0 Å². The van der Waals surface area contributed by atoms with Gasteiger partial charge in [-0.25, -0.2) is 9.67 Å². The molecule has 0 N–H and O–H groups in total. The van der Waals surface area contributed by atoms with E-state index in [1.165, 1.54) is 25.9 Å². The minimum Gasteiger partial charge on any atom is -0.306 e. The quantitative estimate of drug-likeness (QED) is 0.778. The molecule has 90 valence electrons. The van der Waals surface area contributed by atoms with Crippen LogP contribution in [0.4, 0.5) is 0 Å². The highest BCUT2D eigenvalue weighted by atomic mass is 15.4. The summed E-state index contributed by atoms with van der Waals surface area (Å²) >= 11 is 0. The van der Waals surface area contributed by atoms with Crippen molar-refractivity contribution in [3.05, 3.63) is 18.3 Å². The summed E-state index contributed by atoms with van der Waals surface area (Å²) in [5.41, 5.74) is 1.80. The molecule has 1 aliphatic rings. The minimum atomic E-state index is 0.707. The van der Waals surface area contributed by atoms with Crippen LogP contribution in [0.3, 0.4) is 0 Å². The average Bonchev–Trinajstić information content (AvgIpc) is 2.76. The van der Waals surface area contributed by atoms with Gasteiger partial charge in [0.15, 0.2) is 5.65 Å². The van der Waals surface area contributed by atoms with Gasteiger partial charge in [0.1, 0.15) is 5.52 Å². The Hall–Kier alpha value is -1.49. The first-order valence-corrected chi connectivity index (χ1v) is 6.16. The SMILES string of the molecule is CN1CCC(Cn2nnc3cccnc32)CC1. The van der Waals surface area contributed by atoms with Gasteiger partial charge < -0.3 is 4.90 Å². The van der Waals surface area contributed by atoms with Crippen molar-refractivity contribution in [1.29, 1.82) is 0 Å². The van der Waals surface area contributed by atoms with Gasteiger partial charge in [-0.1, -0.05) is 5.21 Å². The van der Waals surface area contributed by atoms with Gasteiger partial charge in [-0.15, -0.1) is 5.10 Å². The summed E-state index contributed by atoms with van der Waals surface area (Å²) in [4.78, 5) is 6.73. The fraction of sp³-hybridized carbons (Fsp3) is 0.583. The van der Waals surface area contributed by atoms with Gasteiger partial charge in [0.05, 0.1) is 0 Å². The third-order valence-electron chi connectivity index (χ3n) is 3.54. The van der Waals surface area contributed by atoms with Gasteiger partial charge in [0.25, 0.3) is 0 Å². The lowest BCUT2D eigenvalue weighted by Crippen LogP contribution is -2.32. The van der Waals surface area contributed by atoms with Crippen LogP contribution in [0.5, 0.6) is 0 Å². The number of fused-ring (bicyclic) bond motifs is 1. The largest absolute Gasteiger partial charge is 0.306 e. The number of likely N-dealkylation sites (tertiary alicyclic amines) is 1. The number of aromatic nitrogens is 4. The molecule has 0 bridgehead atoms. The summed E-state index contributed by atoms with van der Waals surface area (Å²) in [6.07, 6.45) is 4.28. The molecule has 0 atom stereocenters. The maximum absolute atomic E-state index is 4.35. The molecule has 0 radical (unpaired) electrons. The Morgan fingerprint density at radius 1 is 1.35 bits per heavy atom. The molecule has 0 spiro atoms. The molecule has 0 unspecified atom stereocenters. The molecule has 2 aromatic rings. The van der Waals surface area contributed by atoms with E-state index < -0.39 is 0 Å². The summed E-state index contributed by atoms with van der Waals surface area (Å²) in [5.74, 6) is 0.707. The van der Waals surface area contributed by atoms with Crippen LogP contribution in [0, 0.1) is 5.92 Å². The molecule has 1 saturated heterocycles. The number of rotatable bonds is 2. The fourth-order valence-corrected chi connectivity index (χ4v) is 2.42. The topological polar surface area (TPSA) is 46.8 Å². The molecule has 5 heteroatoms. The fourth-order valence-electron chi connectivity index (χ4n) is 2.42. The second kappa shape index (κ2) is 4.41. The lowest BCUT2D eigenvalue weighted by atomic mass is 9.97. The minimum absolute atomic E-state index is 0.707. The van der Waals surface area contributed by atoms with Gasteiger partial charge >= 0.3 is 0 Å². The Labute approximate surface area is 100 Å². The van der Waals surface area contributed by atoms with Crippen molar-refractivity contribution in [2.24, 2.45) is 5.92 Å². The van der Waals surface area contributed by atoms with Crippen LogP contribution in [0.2, 0.25) is 0 Å². The zero-order valence-electron chi connectivity index (χ0n) is 10.1. The maximum atomic E-state index is 4.35. The first kappa shape index (κ1) is 10.7. The number of hydrogen-bond donors (Lipinski definition) is 0. The molecule has 0 amide bonds. The monoisotopic (exact) mass is 231 g/mol. The van der Waals surface area contributed by atoms with E-state index in [0.29, 0.717) is 5.92 Å². The van der Waals surface area contributed by atoms with Crippen LogP contribution >= 0.6 is 0 Å². The van der Waals surface area contributed by atoms with Crippen molar-refractivity contribution < 1.29 is 0 Å². The molecular formula is C12H17N5. The van der Waals surface area contributed by atoms with Crippen LogP contribution in [-0.4, -0.2) is 45.0 Å². The van der Waals surface area contributed by atoms with E-state index in [-0.39, 0.29) is 0 Å². The second-order valence-corrected chi connectivity index (χ2v) is 4.86. The van der Waals surface area contributed by atoms with Gasteiger partial charge in [-0.2, -0.15) is 0 Å². The molecule has 0 saturated carbocycles. The third kappa shape index (κ3) is 2.15. The van der Waals surface area contributed by atoms with E-state index in [0.717, 1.165) is 17.7 Å². The Morgan fingerprint density at radius 2 is 2.18 bits per heavy atom. The predicted octanol–water partition coefficient (Wildman–Crippen LogP) is 1.17. The molecule has 2 aromatic heterocycles. The number of piperidine rings is 1. The first-order chi connectivity index (χ1) is 8.33. The Morgan fingerprint density at radius 3 is 3.00 bits per heavy atom. The standard InChI is InChI=1S/C12H17N5/c1-16-7-4-10(5-8-16)9-17-12-11(14-15-17)3-2-6-13-12/h2-3,6,10H,4-5,7-9H2,1H3. The zero-order valence-corrected chi connectivity index (χ0v) is 10.1. The van der Waals surface area contributed by atoms with E-state index in [4.69, 9.17) is 0 Å². The Bertz CT molecular complexity index is 498. The van der Waals surface area contributed by atoms with E-state index in [1.807, 2.05) is 16.8 Å². The summed E-state index contributed by atoms with van der Waals surface area (Å²) in [5, 5.41) is 8.34. The second-order valence-electron chi connectivity index (χ2n) is 4.86. The zero-order chi connectivity index (χ0) is 11.7. The molecule has 0 aromatic carbocycles. The molecular weight excluding hydrogens is 214 g/mol. The van der Waals surface area contributed by atoms with E-state index in [9.17, 15) is 0 Å². The van der Waals surface area contributed by atoms with Crippen LogP contribution in [0.1, 0.15) is 12.8 Å². The number of pyridine rings is 1. The summed E-state index contributed by atoms with van der Waals surface area (Å²) in [6.45, 7) is 3.32. The van der Waals surface area contributed by atoms with Crippen molar-refractivity contribution in [2.45, 2.75) is 19.4 Å². The molecule has 5 nitrogen and oxygen atoms in total. The summed E-state index contributed by atoms with van der Waals surface area (Å²) in [7, 11) is 2.18. The van der Waals surface area contributed by atoms with Crippen molar-refractivity contribution in [3.8, 4) is 0 Å². The Balaban J connectivity index is 1.76. The van der Waals surface area contributed by atoms with Gasteiger partial charge in [-0.05, 0) is 51.0 Å². The lowest BCUT2D eigenvalue weighted by molar-refractivity contribution is 0.202. The first-order valence-electron chi connectivity index (χ1n) is 6.16. The van der Waals surface area contributed by atoms with Gasteiger partial charge in [0.2, 0.25) is 0 Å². The van der Waals surface area contributed by atoms with Crippen LogP contribution in [0.25, 0.3) is 11.2 Å². The Kier molecular flexibility index (Phi) is 2.76. The summed E-state index contributed by atoms with van der Waals surface area (Å²) in [6, 6.07) is 3.86. The van der Waals surface area contributed by atoms with E-state index in [1.54, 1.807) is 6.20 Å². The summed E-state index contributed by atoms with van der Waals surface area (Å²) < 4.78 is 1.95. The normalized spacial score (nSPS) is 18.9. The molecule has 3 heterocycles. The molecule has 1 fully saturated rings. The van der Waals surface area contributed by atoms with Crippen molar-refractivity contribution in [3.63, 3.8) is 0 Å². The smallest absolute Gasteiger partial charge is 0.178 e. The molecule has 1 aliphatic heterocycles. The van der Waals surface area contributed by atoms with Gasteiger partial charge in [0, 0.05) is 12.7 Å². The third-order valence-corrected chi connectivity index (χ3v) is 3.54. The van der Waals surface area contributed by atoms with Crippen molar-refractivity contribution >= 4 is 11.2 Å². The van der Waals surface area contributed by atoms with Crippen molar-refractivity contribution in [2.75, 3.05) is 20.1 Å². The molecule has 0 aliphatic carbocycles. The number of nitrogens with zero attached hydrogens (tertiary/aromatic N) is 5. The van der Waals surface area contributed by atoms with Crippen LogP contribution < -0.4 is 0 Å². The van der Waals surface area contributed by atoms with Crippen LogP contribution in [-0.2, 0) is 6.54 Å². The molecule has 3 rings (SSSR count). The van der Waals surface area contributed by atoms with Crippen LogP contribution in [0.15, 0.2) is 18.3 Å².